The summed E-state index contributed by atoms with van der Waals surface area (Å²) in [4.78, 5) is 18.5. The van der Waals surface area contributed by atoms with Gasteiger partial charge in [0, 0.05) is 57.6 Å². The van der Waals surface area contributed by atoms with Crippen molar-refractivity contribution in [1.82, 2.24) is 9.80 Å². The van der Waals surface area contributed by atoms with Gasteiger partial charge in [0.05, 0.1) is 0 Å². The van der Waals surface area contributed by atoms with E-state index in [9.17, 15) is 4.79 Å². The molecule has 1 aliphatic heterocycles. The third-order valence-corrected chi connectivity index (χ3v) is 3.91. The zero-order valence-electron chi connectivity index (χ0n) is 13.0. The minimum Gasteiger partial charge on any atom is -0.369 e. The Labute approximate surface area is 122 Å². The molecule has 2 rings (SSSR count). The van der Waals surface area contributed by atoms with E-state index in [0.29, 0.717) is 6.04 Å². The van der Waals surface area contributed by atoms with Crippen molar-refractivity contribution in [2.24, 2.45) is 0 Å². The monoisotopic (exact) mass is 275 g/mol. The molecule has 1 aliphatic rings. The first-order valence-corrected chi connectivity index (χ1v) is 7.29. The summed E-state index contributed by atoms with van der Waals surface area (Å²) in [6, 6.07) is 8.57. The molecule has 0 aliphatic carbocycles. The average molecular weight is 275 g/mol. The Morgan fingerprint density at radius 1 is 1.15 bits per heavy atom. The molecule has 1 saturated heterocycles. The number of rotatable bonds is 3. The number of nitrogens with zero attached hydrogens (tertiary/aromatic N) is 3. The number of piperazine rings is 1. The predicted octanol–water partition coefficient (Wildman–Crippen LogP) is 1.92. The molecule has 0 bridgehead atoms. The van der Waals surface area contributed by atoms with Crippen molar-refractivity contribution in [2.75, 3.05) is 45.2 Å². The third kappa shape index (κ3) is 3.31. The van der Waals surface area contributed by atoms with E-state index in [4.69, 9.17) is 0 Å². The van der Waals surface area contributed by atoms with Gasteiger partial charge in [-0.2, -0.15) is 0 Å². The lowest BCUT2D eigenvalue weighted by Crippen LogP contribution is -2.48. The second kappa shape index (κ2) is 6.27. The molecule has 0 N–H and O–H groups in total. The van der Waals surface area contributed by atoms with E-state index in [0.717, 1.165) is 37.4 Å². The van der Waals surface area contributed by atoms with Gasteiger partial charge in [0.15, 0.2) is 0 Å². The van der Waals surface area contributed by atoms with Crippen molar-refractivity contribution in [3.05, 3.63) is 29.8 Å². The van der Waals surface area contributed by atoms with Crippen LogP contribution in [0.3, 0.4) is 0 Å². The van der Waals surface area contributed by atoms with Crippen LogP contribution in [0.2, 0.25) is 0 Å². The van der Waals surface area contributed by atoms with Crippen molar-refractivity contribution in [2.45, 2.75) is 19.9 Å². The summed E-state index contributed by atoms with van der Waals surface area (Å²) in [5, 5.41) is 0. The maximum atomic E-state index is 12.0. The zero-order chi connectivity index (χ0) is 14.7. The molecule has 0 radical (unpaired) electrons. The molecule has 0 aromatic heterocycles. The molecule has 4 heteroatoms. The lowest BCUT2D eigenvalue weighted by molar-refractivity contribution is 0.0827. The Bertz CT molecular complexity index is 463. The van der Waals surface area contributed by atoms with Crippen LogP contribution in [0.15, 0.2) is 24.3 Å². The number of amides is 1. The molecular weight excluding hydrogens is 250 g/mol. The first-order chi connectivity index (χ1) is 9.49. The van der Waals surface area contributed by atoms with Crippen LogP contribution in [0.25, 0.3) is 0 Å². The van der Waals surface area contributed by atoms with Gasteiger partial charge in [-0.3, -0.25) is 9.69 Å². The summed E-state index contributed by atoms with van der Waals surface area (Å²) in [7, 11) is 3.58. The van der Waals surface area contributed by atoms with Crippen molar-refractivity contribution in [3.8, 4) is 0 Å². The number of carbonyl (C=O) groups excluding carboxylic acids is 1. The Kier molecular flexibility index (Phi) is 4.65. The first kappa shape index (κ1) is 14.9. The van der Waals surface area contributed by atoms with E-state index in [2.05, 4.69) is 29.7 Å². The van der Waals surface area contributed by atoms with E-state index in [1.807, 2.05) is 18.2 Å². The molecule has 4 nitrogen and oxygen atoms in total. The fraction of sp³-hybridized carbons (Fsp3) is 0.562. The average Bonchev–Trinajstić information content (AvgIpc) is 2.46. The van der Waals surface area contributed by atoms with E-state index in [-0.39, 0.29) is 5.91 Å². The zero-order valence-corrected chi connectivity index (χ0v) is 13.0. The summed E-state index contributed by atoms with van der Waals surface area (Å²) >= 11 is 0. The summed E-state index contributed by atoms with van der Waals surface area (Å²) in [5.74, 6) is 0.0627. The topological polar surface area (TPSA) is 26.8 Å². The fourth-order valence-electron chi connectivity index (χ4n) is 2.59. The molecule has 1 aromatic carbocycles. The smallest absolute Gasteiger partial charge is 0.253 e. The SMILES string of the molecule is CC(C)N1CCN(c2cccc(C(=O)N(C)C)c2)CC1. The molecule has 0 unspecified atom stereocenters. The summed E-state index contributed by atoms with van der Waals surface area (Å²) in [5.41, 5.74) is 1.92. The number of benzene rings is 1. The largest absolute Gasteiger partial charge is 0.369 e. The summed E-state index contributed by atoms with van der Waals surface area (Å²) in [6.45, 7) is 8.71. The van der Waals surface area contributed by atoms with Crippen molar-refractivity contribution in [1.29, 1.82) is 0 Å². The van der Waals surface area contributed by atoms with Gasteiger partial charge in [-0.1, -0.05) is 6.07 Å². The molecule has 20 heavy (non-hydrogen) atoms. The molecule has 1 aromatic rings. The van der Waals surface area contributed by atoms with Gasteiger partial charge in [0.2, 0.25) is 0 Å². The molecule has 0 saturated carbocycles. The van der Waals surface area contributed by atoms with Gasteiger partial charge in [-0.15, -0.1) is 0 Å². The van der Waals surface area contributed by atoms with Crippen LogP contribution in [-0.2, 0) is 0 Å². The van der Waals surface area contributed by atoms with Crippen LogP contribution < -0.4 is 4.90 Å². The molecule has 0 spiro atoms. The molecule has 1 amide bonds. The highest BCUT2D eigenvalue weighted by Crippen LogP contribution is 2.19. The standard InChI is InChI=1S/C16H25N3O/c1-13(2)18-8-10-19(11-9-18)15-7-5-6-14(12-15)16(20)17(3)4/h5-7,12-13H,8-11H2,1-4H3. The maximum Gasteiger partial charge on any atom is 0.253 e. The lowest BCUT2D eigenvalue weighted by atomic mass is 10.1. The second-order valence-corrected chi connectivity index (χ2v) is 5.87. The van der Waals surface area contributed by atoms with Gasteiger partial charge in [0.25, 0.3) is 5.91 Å². The van der Waals surface area contributed by atoms with E-state index in [1.165, 1.54) is 0 Å². The van der Waals surface area contributed by atoms with E-state index >= 15 is 0 Å². The van der Waals surface area contributed by atoms with Crippen LogP contribution in [0.5, 0.6) is 0 Å². The van der Waals surface area contributed by atoms with E-state index in [1.54, 1.807) is 19.0 Å². The molecule has 1 fully saturated rings. The van der Waals surface area contributed by atoms with Crippen LogP contribution >= 0.6 is 0 Å². The van der Waals surface area contributed by atoms with Gasteiger partial charge >= 0.3 is 0 Å². The Hall–Kier alpha value is -1.55. The normalized spacial score (nSPS) is 16.6. The number of anilines is 1. The molecule has 1 heterocycles. The van der Waals surface area contributed by atoms with E-state index < -0.39 is 0 Å². The van der Waals surface area contributed by atoms with Gasteiger partial charge in [-0.05, 0) is 32.0 Å². The minimum atomic E-state index is 0.0627. The third-order valence-electron chi connectivity index (χ3n) is 3.91. The molecule has 0 atom stereocenters. The summed E-state index contributed by atoms with van der Waals surface area (Å²) < 4.78 is 0. The number of hydrogen-bond acceptors (Lipinski definition) is 3. The Morgan fingerprint density at radius 2 is 1.80 bits per heavy atom. The quantitative estimate of drug-likeness (QED) is 0.843. The van der Waals surface area contributed by atoms with Crippen molar-refractivity contribution < 1.29 is 4.79 Å². The highest BCUT2D eigenvalue weighted by Gasteiger charge is 2.19. The van der Waals surface area contributed by atoms with Crippen molar-refractivity contribution in [3.63, 3.8) is 0 Å². The van der Waals surface area contributed by atoms with Crippen LogP contribution in [0.4, 0.5) is 5.69 Å². The van der Waals surface area contributed by atoms with Crippen LogP contribution in [-0.4, -0.2) is 62.0 Å². The Balaban J connectivity index is 2.07. The fourth-order valence-corrected chi connectivity index (χ4v) is 2.59. The highest BCUT2D eigenvalue weighted by atomic mass is 16.2. The first-order valence-electron chi connectivity index (χ1n) is 7.29. The number of carbonyl (C=O) groups is 1. The van der Waals surface area contributed by atoms with Gasteiger partial charge in [0.1, 0.15) is 0 Å². The summed E-state index contributed by atoms with van der Waals surface area (Å²) in [6.07, 6.45) is 0. The highest BCUT2D eigenvalue weighted by molar-refractivity contribution is 5.94. The minimum absolute atomic E-state index is 0.0627. The van der Waals surface area contributed by atoms with Gasteiger partial charge < -0.3 is 9.80 Å². The predicted molar refractivity (Wildman–Crippen MR) is 83.4 cm³/mol. The lowest BCUT2D eigenvalue weighted by Gasteiger charge is -2.38. The Morgan fingerprint density at radius 3 is 2.35 bits per heavy atom. The number of hydrogen-bond donors (Lipinski definition) is 0. The van der Waals surface area contributed by atoms with Crippen LogP contribution in [0.1, 0.15) is 24.2 Å². The maximum absolute atomic E-state index is 12.0. The van der Waals surface area contributed by atoms with Crippen molar-refractivity contribution >= 4 is 11.6 Å². The van der Waals surface area contributed by atoms with Crippen LogP contribution in [0, 0.1) is 0 Å². The second-order valence-electron chi connectivity index (χ2n) is 5.87. The molecular formula is C16H25N3O. The molecule has 110 valence electrons. The van der Waals surface area contributed by atoms with Gasteiger partial charge in [-0.25, -0.2) is 0 Å².